The highest BCUT2D eigenvalue weighted by Crippen LogP contribution is 2.25. The number of nitrogens with zero attached hydrogens (tertiary/aromatic N) is 1. The molecular formula is C19H17FN4O2. The van der Waals surface area contributed by atoms with Crippen molar-refractivity contribution in [3.8, 4) is 0 Å². The van der Waals surface area contributed by atoms with Crippen LogP contribution < -0.4 is 11.2 Å². The van der Waals surface area contributed by atoms with E-state index in [-0.39, 0.29) is 18.1 Å². The van der Waals surface area contributed by atoms with E-state index in [2.05, 4.69) is 15.4 Å². The number of fused-ring (bicyclic) bond motifs is 1. The molecule has 0 bridgehead atoms. The van der Waals surface area contributed by atoms with E-state index >= 15 is 0 Å². The summed E-state index contributed by atoms with van der Waals surface area (Å²) in [6, 6.07) is 9.38. The second-order valence-corrected chi connectivity index (χ2v) is 5.80. The number of hydrazone groups is 1. The lowest BCUT2D eigenvalue weighted by atomic mass is 10.1. The Morgan fingerprint density at radius 3 is 2.69 bits per heavy atom. The Kier molecular flexibility index (Phi) is 5.07. The lowest BCUT2D eigenvalue weighted by Crippen LogP contribution is -2.12. The van der Waals surface area contributed by atoms with Crippen LogP contribution in [0.3, 0.4) is 0 Å². The zero-order valence-corrected chi connectivity index (χ0v) is 13.8. The van der Waals surface area contributed by atoms with Gasteiger partial charge in [-0.1, -0.05) is 12.1 Å². The molecule has 0 fully saturated rings. The van der Waals surface area contributed by atoms with Crippen LogP contribution in [0.4, 0.5) is 10.1 Å². The first-order valence-electron chi connectivity index (χ1n) is 7.98. The topological polar surface area (TPSA) is 100 Å². The summed E-state index contributed by atoms with van der Waals surface area (Å²) in [5, 5.41) is 6.95. The number of rotatable bonds is 6. The van der Waals surface area contributed by atoms with Gasteiger partial charge in [0.15, 0.2) is 6.29 Å². The van der Waals surface area contributed by atoms with Crippen LogP contribution in [0.1, 0.15) is 27.9 Å². The van der Waals surface area contributed by atoms with Crippen molar-refractivity contribution in [3.63, 3.8) is 0 Å². The molecule has 0 unspecified atom stereocenters. The molecule has 0 aliphatic carbocycles. The van der Waals surface area contributed by atoms with Crippen LogP contribution in [-0.4, -0.2) is 23.4 Å². The first kappa shape index (κ1) is 17.3. The minimum Gasteiger partial charge on any atom is -0.360 e. The molecule has 0 aliphatic rings. The summed E-state index contributed by atoms with van der Waals surface area (Å²) in [5.74, 6) is 4.68. The van der Waals surface area contributed by atoms with Gasteiger partial charge in [-0.05, 0) is 36.2 Å². The van der Waals surface area contributed by atoms with E-state index in [4.69, 9.17) is 5.84 Å². The van der Waals surface area contributed by atoms with E-state index in [0.717, 1.165) is 11.8 Å². The smallest absolute Gasteiger partial charge is 0.224 e. The van der Waals surface area contributed by atoms with Crippen molar-refractivity contribution < 1.29 is 14.0 Å². The zero-order chi connectivity index (χ0) is 18.5. The Balaban J connectivity index is 1.74. The molecule has 7 heteroatoms. The molecule has 1 aromatic heterocycles. The Labute approximate surface area is 148 Å². The molecule has 3 rings (SSSR count). The van der Waals surface area contributed by atoms with Gasteiger partial charge in [0, 0.05) is 40.3 Å². The molecule has 4 N–H and O–H groups in total. The number of amides is 1. The largest absolute Gasteiger partial charge is 0.360 e. The van der Waals surface area contributed by atoms with Crippen LogP contribution in [0.15, 0.2) is 47.7 Å². The Hall–Kier alpha value is -3.48. The van der Waals surface area contributed by atoms with Crippen LogP contribution in [0.25, 0.3) is 10.9 Å². The van der Waals surface area contributed by atoms with E-state index in [1.165, 1.54) is 18.3 Å². The summed E-state index contributed by atoms with van der Waals surface area (Å²) in [7, 11) is 0. The van der Waals surface area contributed by atoms with Gasteiger partial charge in [-0.3, -0.25) is 9.59 Å². The summed E-state index contributed by atoms with van der Waals surface area (Å²) in [6.45, 7) is 0. The summed E-state index contributed by atoms with van der Waals surface area (Å²) in [4.78, 5) is 26.6. The average molecular weight is 352 g/mol. The van der Waals surface area contributed by atoms with Gasteiger partial charge >= 0.3 is 0 Å². The maximum Gasteiger partial charge on any atom is 0.224 e. The van der Waals surface area contributed by atoms with Gasteiger partial charge in [0.1, 0.15) is 5.82 Å². The molecule has 3 aromatic rings. The van der Waals surface area contributed by atoms with Crippen LogP contribution in [0, 0.1) is 5.82 Å². The number of hydrogen-bond donors (Lipinski definition) is 3. The molecule has 132 valence electrons. The number of aromatic amines is 1. The molecule has 0 saturated heterocycles. The molecule has 0 atom stereocenters. The predicted octanol–water partition coefficient (Wildman–Crippen LogP) is 2.98. The number of hydrogen-bond acceptors (Lipinski definition) is 4. The number of halogens is 1. The highest BCUT2D eigenvalue weighted by atomic mass is 19.1. The minimum atomic E-state index is -0.308. The van der Waals surface area contributed by atoms with Crippen molar-refractivity contribution in [3.05, 3.63) is 65.1 Å². The normalized spacial score (nSPS) is 11.1. The van der Waals surface area contributed by atoms with Crippen molar-refractivity contribution in [2.24, 2.45) is 10.9 Å². The fourth-order valence-electron chi connectivity index (χ4n) is 2.81. The number of aldehydes is 1. The van der Waals surface area contributed by atoms with Gasteiger partial charge < -0.3 is 16.1 Å². The van der Waals surface area contributed by atoms with Crippen molar-refractivity contribution >= 4 is 35.0 Å². The fourth-order valence-corrected chi connectivity index (χ4v) is 2.81. The van der Waals surface area contributed by atoms with Gasteiger partial charge in [0.05, 0.1) is 6.21 Å². The SMILES string of the molecule is N/N=C\c1c[nH]c2cc(NC(=O)CCc3ccc(F)cc3)cc(C=O)c12. The summed E-state index contributed by atoms with van der Waals surface area (Å²) >= 11 is 0. The average Bonchev–Trinajstić information content (AvgIpc) is 3.04. The predicted molar refractivity (Wildman–Crippen MR) is 98.8 cm³/mol. The van der Waals surface area contributed by atoms with E-state index < -0.39 is 0 Å². The number of nitrogens with one attached hydrogen (secondary N) is 2. The van der Waals surface area contributed by atoms with Crippen LogP contribution >= 0.6 is 0 Å². The summed E-state index contributed by atoms with van der Waals surface area (Å²) in [5.41, 5.74) is 3.20. The number of benzene rings is 2. The molecule has 0 spiro atoms. The quantitative estimate of drug-likeness (QED) is 0.275. The van der Waals surface area contributed by atoms with Crippen molar-refractivity contribution in [2.45, 2.75) is 12.8 Å². The molecular weight excluding hydrogens is 335 g/mol. The molecule has 0 aliphatic heterocycles. The lowest BCUT2D eigenvalue weighted by molar-refractivity contribution is -0.116. The number of carbonyl (C=O) groups excluding carboxylic acids is 2. The van der Waals surface area contributed by atoms with Gasteiger partial charge in [0.2, 0.25) is 5.91 Å². The monoisotopic (exact) mass is 352 g/mol. The Morgan fingerprint density at radius 1 is 1.23 bits per heavy atom. The number of carbonyl (C=O) groups is 2. The number of anilines is 1. The van der Waals surface area contributed by atoms with Gasteiger partial charge in [-0.15, -0.1) is 0 Å². The number of nitrogens with two attached hydrogens (primary N) is 1. The lowest BCUT2D eigenvalue weighted by Gasteiger charge is -2.07. The second kappa shape index (κ2) is 7.60. The van der Waals surface area contributed by atoms with E-state index in [1.54, 1.807) is 30.5 Å². The number of aromatic nitrogens is 1. The summed E-state index contributed by atoms with van der Waals surface area (Å²) < 4.78 is 12.9. The molecule has 0 saturated carbocycles. The molecule has 2 aromatic carbocycles. The number of H-pyrrole nitrogens is 1. The highest BCUT2D eigenvalue weighted by Gasteiger charge is 2.11. The molecule has 6 nitrogen and oxygen atoms in total. The molecule has 1 amide bonds. The van der Waals surface area contributed by atoms with Crippen molar-refractivity contribution in [2.75, 3.05) is 5.32 Å². The van der Waals surface area contributed by atoms with E-state index in [9.17, 15) is 14.0 Å². The number of aryl methyl sites for hydroxylation is 1. The fraction of sp³-hybridized carbons (Fsp3) is 0.105. The third-order valence-corrected chi connectivity index (χ3v) is 4.02. The van der Waals surface area contributed by atoms with Gasteiger partial charge in [-0.25, -0.2) is 4.39 Å². The molecule has 1 heterocycles. The van der Waals surface area contributed by atoms with Crippen LogP contribution in [-0.2, 0) is 11.2 Å². The highest BCUT2D eigenvalue weighted by molar-refractivity contribution is 6.09. The van der Waals surface area contributed by atoms with Gasteiger partial charge in [-0.2, -0.15) is 5.10 Å². The van der Waals surface area contributed by atoms with E-state index in [0.29, 0.717) is 34.1 Å². The maximum atomic E-state index is 12.9. The second-order valence-electron chi connectivity index (χ2n) is 5.80. The minimum absolute atomic E-state index is 0.194. The Morgan fingerprint density at radius 2 is 2.00 bits per heavy atom. The molecule has 26 heavy (non-hydrogen) atoms. The van der Waals surface area contributed by atoms with Crippen LogP contribution in [0.5, 0.6) is 0 Å². The van der Waals surface area contributed by atoms with Crippen molar-refractivity contribution in [1.82, 2.24) is 4.98 Å². The zero-order valence-electron chi connectivity index (χ0n) is 13.8. The van der Waals surface area contributed by atoms with Crippen LogP contribution in [0.2, 0.25) is 0 Å². The Bertz CT molecular complexity index is 977. The van der Waals surface area contributed by atoms with Gasteiger partial charge in [0.25, 0.3) is 0 Å². The maximum absolute atomic E-state index is 12.9. The third-order valence-electron chi connectivity index (χ3n) is 4.02. The van der Waals surface area contributed by atoms with Crippen molar-refractivity contribution in [1.29, 1.82) is 0 Å². The first-order chi connectivity index (χ1) is 12.6. The van der Waals surface area contributed by atoms with E-state index in [1.807, 2.05) is 0 Å². The molecule has 0 radical (unpaired) electrons. The third kappa shape index (κ3) is 3.77. The first-order valence-corrected chi connectivity index (χ1v) is 7.98. The standard InChI is InChI=1S/C19H17FN4O2/c20-15-4-1-12(2-5-15)3-6-18(26)24-16-7-13(11-25)19-14(10-23-21)9-22-17(19)8-16/h1-2,4-5,7-11,22H,3,6,21H2,(H,24,26)/b23-10-. The summed E-state index contributed by atoms with van der Waals surface area (Å²) in [6.07, 6.45) is 4.60.